The van der Waals surface area contributed by atoms with Gasteiger partial charge in [0.05, 0.1) is 6.61 Å². The summed E-state index contributed by atoms with van der Waals surface area (Å²) in [4.78, 5) is 16.5. The van der Waals surface area contributed by atoms with Gasteiger partial charge in [0.2, 0.25) is 5.89 Å². The molecule has 2 rings (SSSR count). The highest BCUT2D eigenvalue weighted by molar-refractivity contribution is 5.94. The van der Waals surface area contributed by atoms with Gasteiger partial charge in [-0.15, -0.1) is 0 Å². The molecule has 0 aliphatic heterocycles. The first kappa shape index (κ1) is 16.2. The maximum atomic E-state index is 12.2. The van der Waals surface area contributed by atoms with E-state index in [1.54, 1.807) is 7.11 Å². The van der Waals surface area contributed by atoms with E-state index >= 15 is 0 Å². The van der Waals surface area contributed by atoms with E-state index in [0.717, 1.165) is 11.1 Å². The van der Waals surface area contributed by atoms with Gasteiger partial charge < -0.3 is 14.6 Å². The van der Waals surface area contributed by atoms with Crippen molar-refractivity contribution in [2.45, 2.75) is 33.2 Å². The minimum absolute atomic E-state index is 0.160. The molecule has 6 heteroatoms. The largest absolute Gasteiger partial charge is 0.384 e. The van der Waals surface area contributed by atoms with E-state index in [2.05, 4.69) is 15.5 Å². The van der Waals surface area contributed by atoms with E-state index in [9.17, 15) is 4.79 Å². The molecule has 1 heterocycles. The summed E-state index contributed by atoms with van der Waals surface area (Å²) in [7, 11) is 1.62. The third-order valence-corrected chi connectivity index (χ3v) is 3.50. The zero-order chi connectivity index (χ0) is 16.1. The van der Waals surface area contributed by atoms with Gasteiger partial charge in [-0.2, -0.15) is 4.98 Å². The number of amides is 1. The topological polar surface area (TPSA) is 77.3 Å². The van der Waals surface area contributed by atoms with E-state index in [0.29, 0.717) is 30.3 Å². The molecular weight excluding hydrogens is 282 g/mol. The van der Waals surface area contributed by atoms with Crippen LogP contribution in [-0.4, -0.2) is 29.8 Å². The SMILES string of the molecule is COCCc1noc([C@H](C)NC(=O)c2ccc(C)c(C)c2)n1. The molecule has 0 fully saturated rings. The highest BCUT2D eigenvalue weighted by atomic mass is 16.5. The number of aromatic nitrogens is 2. The lowest BCUT2D eigenvalue weighted by molar-refractivity contribution is 0.0932. The van der Waals surface area contributed by atoms with E-state index in [-0.39, 0.29) is 11.9 Å². The fourth-order valence-corrected chi connectivity index (χ4v) is 1.96. The molecule has 0 saturated heterocycles. The molecule has 0 aliphatic rings. The maximum Gasteiger partial charge on any atom is 0.251 e. The summed E-state index contributed by atoms with van der Waals surface area (Å²) < 4.78 is 10.1. The van der Waals surface area contributed by atoms with Crippen molar-refractivity contribution in [3.63, 3.8) is 0 Å². The molecule has 118 valence electrons. The molecule has 1 N–H and O–H groups in total. The molecule has 1 atom stereocenters. The fraction of sp³-hybridized carbons (Fsp3) is 0.438. The second-order valence-electron chi connectivity index (χ2n) is 5.29. The van der Waals surface area contributed by atoms with Gasteiger partial charge in [0.15, 0.2) is 5.82 Å². The molecule has 0 spiro atoms. The molecule has 0 bridgehead atoms. The minimum Gasteiger partial charge on any atom is -0.384 e. The molecule has 0 aliphatic carbocycles. The number of hydrogen-bond donors (Lipinski definition) is 1. The number of hydrogen-bond acceptors (Lipinski definition) is 5. The average molecular weight is 303 g/mol. The summed E-state index contributed by atoms with van der Waals surface area (Å²) in [6.45, 7) is 6.34. The predicted octanol–water partition coefficient (Wildman–Crippen LogP) is 2.37. The van der Waals surface area contributed by atoms with Gasteiger partial charge in [-0.1, -0.05) is 11.2 Å². The third-order valence-electron chi connectivity index (χ3n) is 3.50. The zero-order valence-corrected chi connectivity index (χ0v) is 13.3. The highest BCUT2D eigenvalue weighted by Gasteiger charge is 2.17. The molecule has 6 nitrogen and oxygen atoms in total. The van der Waals surface area contributed by atoms with Crippen LogP contribution in [-0.2, 0) is 11.2 Å². The fourth-order valence-electron chi connectivity index (χ4n) is 1.96. The number of ether oxygens (including phenoxy) is 1. The van der Waals surface area contributed by atoms with E-state index in [1.807, 2.05) is 39.0 Å². The normalized spacial score (nSPS) is 12.2. The summed E-state index contributed by atoms with van der Waals surface area (Å²) in [6, 6.07) is 5.26. The summed E-state index contributed by atoms with van der Waals surface area (Å²) in [5, 5.41) is 6.73. The smallest absolute Gasteiger partial charge is 0.251 e. The standard InChI is InChI=1S/C16H21N3O3/c1-10-5-6-13(9-11(10)2)15(20)17-12(3)16-18-14(19-22-16)7-8-21-4/h5-6,9,12H,7-8H2,1-4H3,(H,17,20)/t12-/m0/s1. The minimum atomic E-state index is -0.349. The van der Waals surface area contributed by atoms with Gasteiger partial charge in [0, 0.05) is 19.1 Å². The van der Waals surface area contributed by atoms with Gasteiger partial charge in [-0.3, -0.25) is 4.79 Å². The second kappa shape index (κ2) is 7.17. The number of carbonyl (C=O) groups is 1. The maximum absolute atomic E-state index is 12.2. The Morgan fingerprint density at radius 3 is 2.82 bits per heavy atom. The molecule has 2 aromatic rings. The Bertz CT molecular complexity index is 652. The van der Waals surface area contributed by atoms with Crippen LogP contribution in [0.4, 0.5) is 0 Å². The highest BCUT2D eigenvalue weighted by Crippen LogP contribution is 2.13. The number of nitrogens with one attached hydrogen (secondary N) is 1. The van der Waals surface area contributed by atoms with Crippen LogP contribution in [0, 0.1) is 13.8 Å². The Hall–Kier alpha value is -2.21. The molecule has 0 unspecified atom stereocenters. The van der Waals surface area contributed by atoms with Crippen LogP contribution < -0.4 is 5.32 Å². The zero-order valence-electron chi connectivity index (χ0n) is 13.3. The molecule has 1 aromatic carbocycles. The number of nitrogens with zero attached hydrogens (tertiary/aromatic N) is 2. The Morgan fingerprint density at radius 1 is 1.36 bits per heavy atom. The van der Waals surface area contributed by atoms with Crippen molar-refractivity contribution < 1.29 is 14.1 Å². The number of benzene rings is 1. The van der Waals surface area contributed by atoms with Gasteiger partial charge >= 0.3 is 0 Å². The van der Waals surface area contributed by atoms with Crippen molar-refractivity contribution in [1.82, 2.24) is 15.5 Å². The van der Waals surface area contributed by atoms with Gasteiger partial charge in [0.1, 0.15) is 6.04 Å². The van der Waals surface area contributed by atoms with E-state index in [1.165, 1.54) is 0 Å². The monoisotopic (exact) mass is 303 g/mol. The molecular formula is C16H21N3O3. The van der Waals surface area contributed by atoms with E-state index in [4.69, 9.17) is 9.26 Å². The van der Waals surface area contributed by atoms with Crippen LogP contribution in [0.2, 0.25) is 0 Å². The van der Waals surface area contributed by atoms with Crippen LogP contribution in [0.1, 0.15) is 46.2 Å². The quantitative estimate of drug-likeness (QED) is 0.886. The van der Waals surface area contributed by atoms with Crippen LogP contribution in [0.15, 0.2) is 22.7 Å². The molecule has 1 amide bonds. The van der Waals surface area contributed by atoms with Crippen molar-refractivity contribution in [3.8, 4) is 0 Å². The molecule has 0 radical (unpaired) electrons. The lowest BCUT2D eigenvalue weighted by Crippen LogP contribution is -2.27. The lowest BCUT2D eigenvalue weighted by Gasteiger charge is -2.10. The van der Waals surface area contributed by atoms with Crippen LogP contribution >= 0.6 is 0 Å². The molecule has 0 saturated carbocycles. The van der Waals surface area contributed by atoms with Crippen molar-refractivity contribution in [1.29, 1.82) is 0 Å². The first-order chi connectivity index (χ1) is 10.5. The van der Waals surface area contributed by atoms with Crippen LogP contribution in [0.25, 0.3) is 0 Å². The number of rotatable bonds is 6. The number of methoxy groups -OCH3 is 1. The summed E-state index contributed by atoms with van der Waals surface area (Å²) >= 11 is 0. The third kappa shape index (κ3) is 3.92. The first-order valence-corrected chi connectivity index (χ1v) is 7.20. The van der Waals surface area contributed by atoms with Gasteiger partial charge in [-0.05, 0) is 44.0 Å². The average Bonchev–Trinajstić information content (AvgIpc) is 2.96. The van der Waals surface area contributed by atoms with Crippen molar-refractivity contribution >= 4 is 5.91 Å². The van der Waals surface area contributed by atoms with Crippen molar-refractivity contribution in [3.05, 3.63) is 46.6 Å². The number of carbonyl (C=O) groups excluding carboxylic acids is 1. The van der Waals surface area contributed by atoms with Crippen molar-refractivity contribution in [2.24, 2.45) is 0 Å². The Labute approximate surface area is 129 Å². The summed E-state index contributed by atoms with van der Waals surface area (Å²) in [5.74, 6) is 0.805. The van der Waals surface area contributed by atoms with Crippen LogP contribution in [0.5, 0.6) is 0 Å². The van der Waals surface area contributed by atoms with Gasteiger partial charge in [0.25, 0.3) is 5.91 Å². The van der Waals surface area contributed by atoms with E-state index < -0.39 is 0 Å². The van der Waals surface area contributed by atoms with Crippen LogP contribution in [0.3, 0.4) is 0 Å². The first-order valence-electron chi connectivity index (χ1n) is 7.20. The lowest BCUT2D eigenvalue weighted by atomic mass is 10.1. The number of aryl methyl sites for hydroxylation is 2. The van der Waals surface area contributed by atoms with Crippen molar-refractivity contribution in [2.75, 3.05) is 13.7 Å². The summed E-state index contributed by atoms with van der Waals surface area (Å²) in [6.07, 6.45) is 0.581. The Morgan fingerprint density at radius 2 is 2.14 bits per heavy atom. The van der Waals surface area contributed by atoms with Gasteiger partial charge in [-0.25, -0.2) is 0 Å². The molecule has 1 aromatic heterocycles. The molecule has 22 heavy (non-hydrogen) atoms. The summed E-state index contributed by atoms with van der Waals surface area (Å²) in [5.41, 5.74) is 2.86. The predicted molar refractivity (Wildman–Crippen MR) is 81.7 cm³/mol. The second-order valence-corrected chi connectivity index (χ2v) is 5.29. The Balaban J connectivity index is 2.01. The Kier molecular flexibility index (Phi) is 5.27.